The molecule has 2 aromatic heterocycles. The number of hydrogen-bond acceptors (Lipinski definition) is 3. The molecule has 0 saturated heterocycles. The second-order valence-electron chi connectivity index (χ2n) is 4.92. The quantitative estimate of drug-likeness (QED) is 0.729. The van der Waals surface area contributed by atoms with E-state index in [1.54, 1.807) is 0 Å². The van der Waals surface area contributed by atoms with Crippen LogP contribution in [0.25, 0.3) is 0 Å². The van der Waals surface area contributed by atoms with Gasteiger partial charge < -0.3 is 5.73 Å². The zero-order valence-corrected chi connectivity index (χ0v) is 13.6. The molecule has 0 aromatic carbocycles. The van der Waals surface area contributed by atoms with Crippen LogP contribution >= 0.6 is 45.9 Å². The van der Waals surface area contributed by atoms with Gasteiger partial charge in [-0.1, -0.05) is 29.6 Å². The van der Waals surface area contributed by atoms with Crippen LogP contribution in [0.1, 0.15) is 46.2 Å². The first-order chi connectivity index (χ1) is 9.15. The third-order valence-electron chi connectivity index (χ3n) is 3.59. The van der Waals surface area contributed by atoms with Crippen LogP contribution in [0.2, 0.25) is 8.67 Å². The third-order valence-corrected chi connectivity index (χ3v) is 6.43. The van der Waals surface area contributed by atoms with E-state index in [2.05, 4.69) is 6.07 Å². The normalized spacial score (nSPS) is 17.0. The van der Waals surface area contributed by atoms with E-state index in [4.69, 9.17) is 28.9 Å². The van der Waals surface area contributed by atoms with E-state index in [1.165, 1.54) is 58.8 Å². The fourth-order valence-corrected chi connectivity index (χ4v) is 5.39. The van der Waals surface area contributed by atoms with Crippen molar-refractivity contribution in [3.05, 3.63) is 41.7 Å². The number of rotatable bonds is 2. The smallest absolute Gasteiger partial charge is 0.0995 e. The van der Waals surface area contributed by atoms with Crippen LogP contribution in [-0.4, -0.2) is 0 Å². The van der Waals surface area contributed by atoms with Gasteiger partial charge in [0.05, 0.1) is 14.7 Å². The average Bonchev–Trinajstić information content (AvgIpc) is 2.85. The monoisotopic (exact) mass is 331 g/mol. The summed E-state index contributed by atoms with van der Waals surface area (Å²) < 4.78 is 1.41. The summed E-state index contributed by atoms with van der Waals surface area (Å²) in [4.78, 5) is 2.73. The summed E-state index contributed by atoms with van der Waals surface area (Å²) in [6.45, 7) is 0. The minimum absolute atomic E-state index is 0.145. The van der Waals surface area contributed by atoms with E-state index in [9.17, 15) is 0 Å². The van der Waals surface area contributed by atoms with Gasteiger partial charge in [0, 0.05) is 15.3 Å². The topological polar surface area (TPSA) is 26.0 Å². The van der Waals surface area contributed by atoms with E-state index >= 15 is 0 Å². The van der Waals surface area contributed by atoms with E-state index in [-0.39, 0.29) is 6.04 Å². The molecule has 0 fully saturated rings. The highest BCUT2D eigenvalue weighted by Gasteiger charge is 2.20. The molecule has 2 N–H and O–H groups in total. The highest BCUT2D eigenvalue weighted by molar-refractivity contribution is 7.20. The zero-order valence-electron chi connectivity index (χ0n) is 10.4. The van der Waals surface area contributed by atoms with Crippen LogP contribution < -0.4 is 5.73 Å². The molecule has 1 atom stereocenters. The molecule has 19 heavy (non-hydrogen) atoms. The van der Waals surface area contributed by atoms with Gasteiger partial charge in [-0.25, -0.2) is 0 Å². The molecule has 0 radical (unpaired) electrons. The predicted molar refractivity (Wildman–Crippen MR) is 85.9 cm³/mol. The number of aryl methyl sites for hydroxylation is 2. The first-order valence-corrected chi connectivity index (χ1v) is 8.86. The van der Waals surface area contributed by atoms with Gasteiger partial charge in [-0.3, -0.25) is 0 Å². The van der Waals surface area contributed by atoms with Gasteiger partial charge >= 0.3 is 0 Å². The molecule has 0 bridgehead atoms. The first-order valence-electron chi connectivity index (χ1n) is 6.47. The second kappa shape index (κ2) is 5.74. The van der Waals surface area contributed by atoms with Crippen LogP contribution in [0.5, 0.6) is 0 Å². The highest BCUT2D eigenvalue weighted by Crippen LogP contribution is 2.39. The molecular weight excluding hydrogens is 317 g/mol. The van der Waals surface area contributed by atoms with Gasteiger partial charge in [0.15, 0.2) is 0 Å². The number of fused-ring (bicyclic) bond motifs is 1. The molecule has 102 valence electrons. The minimum Gasteiger partial charge on any atom is -0.320 e. The maximum atomic E-state index is 6.36. The molecule has 3 rings (SSSR count). The lowest BCUT2D eigenvalue weighted by atomic mass is 10.1. The number of halogens is 2. The first kappa shape index (κ1) is 13.9. The summed E-state index contributed by atoms with van der Waals surface area (Å²) in [6.07, 6.45) is 6.33. The van der Waals surface area contributed by atoms with Crippen molar-refractivity contribution in [2.45, 2.75) is 38.1 Å². The molecule has 1 aliphatic carbocycles. The van der Waals surface area contributed by atoms with Gasteiger partial charge in [0.25, 0.3) is 0 Å². The Kier molecular flexibility index (Phi) is 4.20. The summed E-state index contributed by atoms with van der Waals surface area (Å²) in [5, 5.41) is 0. The van der Waals surface area contributed by atoms with Crippen LogP contribution in [0.3, 0.4) is 0 Å². The highest BCUT2D eigenvalue weighted by atomic mass is 35.5. The second-order valence-corrected chi connectivity index (χ2v) is 8.37. The van der Waals surface area contributed by atoms with E-state index in [0.717, 1.165) is 5.56 Å². The predicted octanol–water partition coefficient (Wildman–Crippen LogP) is 5.43. The van der Waals surface area contributed by atoms with Crippen LogP contribution in [0, 0.1) is 0 Å². The number of hydrogen-bond donors (Lipinski definition) is 1. The molecule has 0 saturated carbocycles. The number of nitrogens with two attached hydrogens (primary N) is 1. The van der Waals surface area contributed by atoms with Gasteiger partial charge in [-0.2, -0.15) is 0 Å². The maximum absolute atomic E-state index is 6.36. The minimum atomic E-state index is -0.145. The van der Waals surface area contributed by atoms with Crippen molar-refractivity contribution in [1.82, 2.24) is 0 Å². The summed E-state index contributed by atoms with van der Waals surface area (Å²) >= 11 is 15.4. The summed E-state index contributed by atoms with van der Waals surface area (Å²) in [7, 11) is 0. The standard InChI is InChI=1S/C14H15Cl2NS2/c15-12-7-9(14(16)19-12)13(17)11-6-8-4-2-1-3-5-10(8)18-11/h6-7,13H,1-5,17H2. The van der Waals surface area contributed by atoms with Crippen molar-refractivity contribution < 1.29 is 0 Å². The Morgan fingerprint density at radius 1 is 1.05 bits per heavy atom. The van der Waals surface area contributed by atoms with Crippen molar-refractivity contribution in [2.75, 3.05) is 0 Å². The lowest BCUT2D eigenvalue weighted by molar-refractivity contribution is 0.712. The summed E-state index contributed by atoms with van der Waals surface area (Å²) in [6, 6.07) is 4.02. The zero-order chi connectivity index (χ0) is 13.4. The molecular formula is C14H15Cl2NS2. The van der Waals surface area contributed by atoms with E-state index < -0.39 is 0 Å². The Bertz CT molecular complexity index is 565. The fraction of sp³-hybridized carbons (Fsp3) is 0.429. The van der Waals surface area contributed by atoms with Gasteiger partial charge in [-0.05, 0) is 43.4 Å². The molecule has 1 nitrogen and oxygen atoms in total. The van der Waals surface area contributed by atoms with E-state index in [1.807, 2.05) is 17.4 Å². The van der Waals surface area contributed by atoms with Gasteiger partial charge in [0.1, 0.15) is 0 Å². The molecule has 2 heterocycles. The Balaban J connectivity index is 1.92. The van der Waals surface area contributed by atoms with Crippen LogP contribution in [-0.2, 0) is 12.8 Å². The van der Waals surface area contributed by atoms with E-state index in [0.29, 0.717) is 8.67 Å². The molecule has 0 amide bonds. The van der Waals surface area contributed by atoms with Crippen molar-refractivity contribution in [3.8, 4) is 0 Å². The Hall–Kier alpha value is -0.0600. The Labute approximate surface area is 131 Å². The third kappa shape index (κ3) is 2.86. The molecule has 1 unspecified atom stereocenters. The van der Waals surface area contributed by atoms with Crippen LogP contribution in [0.4, 0.5) is 0 Å². The van der Waals surface area contributed by atoms with Crippen molar-refractivity contribution in [1.29, 1.82) is 0 Å². The van der Waals surface area contributed by atoms with Crippen molar-refractivity contribution in [2.24, 2.45) is 5.73 Å². The molecule has 1 aliphatic rings. The van der Waals surface area contributed by atoms with Gasteiger partial charge in [0.2, 0.25) is 0 Å². The lowest BCUT2D eigenvalue weighted by Crippen LogP contribution is -2.09. The Morgan fingerprint density at radius 3 is 2.58 bits per heavy atom. The Morgan fingerprint density at radius 2 is 1.84 bits per heavy atom. The number of thiophene rings is 2. The maximum Gasteiger partial charge on any atom is 0.0995 e. The lowest BCUT2D eigenvalue weighted by Gasteiger charge is -2.08. The SMILES string of the molecule is NC(c1cc2c(s1)CCCCC2)c1cc(Cl)sc1Cl. The van der Waals surface area contributed by atoms with Crippen LogP contribution in [0.15, 0.2) is 12.1 Å². The summed E-state index contributed by atoms with van der Waals surface area (Å²) in [5.74, 6) is 0. The largest absolute Gasteiger partial charge is 0.320 e. The molecule has 2 aromatic rings. The fourth-order valence-electron chi connectivity index (χ4n) is 2.56. The molecule has 0 aliphatic heterocycles. The van der Waals surface area contributed by atoms with Crippen molar-refractivity contribution >= 4 is 45.9 Å². The summed E-state index contributed by atoms with van der Waals surface area (Å²) in [5.41, 5.74) is 8.80. The molecule has 0 spiro atoms. The van der Waals surface area contributed by atoms with Crippen molar-refractivity contribution in [3.63, 3.8) is 0 Å². The van der Waals surface area contributed by atoms with Gasteiger partial charge in [-0.15, -0.1) is 22.7 Å². The molecule has 5 heteroatoms. The average molecular weight is 332 g/mol.